The highest BCUT2D eigenvalue weighted by molar-refractivity contribution is 7.89. The van der Waals surface area contributed by atoms with Gasteiger partial charge in [0.15, 0.2) is 0 Å². The first-order valence-corrected chi connectivity index (χ1v) is 8.02. The van der Waals surface area contributed by atoms with Crippen LogP contribution in [-0.2, 0) is 14.8 Å². The third-order valence-corrected chi connectivity index (χ3v) is 5.47. The SMILES string of the molecule is CCN(CC1CCOC1)S(=O)(=O)c1c(N)cccc1F. The molecule has 0 spiro atoms. The Kier molecular flexibility index (Phi) is 4.62. The van der Waals surface area contributed by atoms with Gasteiger partial charge in [-0.2, -0.15) is 4.31 Å². The lowest BCUT2D eigenvalue weighted by molar-refractivity contribution is 0.180. The van der Waals surface area contributed by atoms with Gasteiger partial charge in [0.05, 0.1) is 12.3 Å². The largest absolute Gasteiger partial charge is 0.398 e. The summed E-state index contributed by atoms with van der Waals surface area (Å²) < 4.78 is 45.5. The molecule has 1 aliphatic rings. The average molecular weight is 302 g/mol. The van der Waals surface area contributed by atoms with Gasteiger partial charge in [-0.3, -0.25) is 0 Å². The van der Waals surface area contributed by atoms with Crippen LogP contribution in [0, 0.1) is 11.7 Å². The summed E-state index contributed by atoms with van der Waals surface area (Å²) in [7, 11) is -3.92. The van der Waals surface area contributed by atoms with Crippen LogP contribution in [0.4, 0.5) is 10.1 Å². The second kappa shape index (κ2) is 6.07. The lowest BCUT2D eigenvalue weighted by atomic mass is 10.1. The summed E-state index contributed by atoms with van der Waals surface area (Å²) in [6.07, 6.45) is 0.818. The van der Waals surface area contributed by atoms with E-state index < -0.39 is 20.7 Å². The quantitative estimate of drug-likeness (QED) is 0.836. The zero-order valence-corrected chi connectivity index (χ0v) is 12.2. The molecular weight excluding hydrogens is 283 g/mol. The number of benzene rings is 1. The molecule has 1 saturated heterocycles. The van der Waals surface area contributed by atoms with Gasteiger partial charge in [0.2, 0.25) is 10.0 Å². The van der Waals surface area contributed by atoms with Crippen LogP contribution in [0.2, 0.25) is 0 Å². The number of anilines is 1. The molecule has 0 radical (unpaired) electrons. The van der Waals surface area contributed by atoms with Crippen LogP contribution in [0.15, 0.2) is 23.1 Å². The van der Waals surface area contributed by atoms with E-state index in [2.05, 4.69) is 0 Å². The topological polar surface area (TPSA) is 72.6 Å². The van der Waals surface area contributed by atoms with Gasteiger partial charge in [0, 0.05) is 19.7 Å². The molecule has 5 nitrogen and oxygen atoms in total. The monoisotopic (exact) mass is 302 g/mol. The molecule has 1 heterocycles. The highest BCUT2D eigenvalue weighted by Crippen LogP contribution is 2.26. The normalized spacial score (nSPS) is 19.6. The smallest absolute Gasteiger partial charge is 0.248 e. The van der Waals surface area contributed by atoms with Crippen molar-refractivity contribution >= 4 is 15.7 Å². The molecule has 1 fully saturated rings. The molecule has 7 heteroatoms. The number of nitrogen functional groups attached to an aromatic ring is 1. The summed E-state index contributed by atoms with van der Waals surface area (Å²) in [4.78, 5) is -0.430. The van der Waals surface area contributed by atoms with Crippen LogP contribution in [0.3, 0.4) is 0 Å². The molecule has 2 N–H and O–H groups in total. The van der Waals surface area contributed by atoms with E-state index in [-0.39, 0.29) is 18.2 Å². The maximum atomic E-state index is 13.8. The number of nitrogens with zero attached hydrogens (tertiary/aromatic N) is 1. The van der Waals surface area contributed by atoms with Gasteiger partial charge in [-0.15, -0.1) is 0 Å². The lowest BCUT2D eigenvalue weighted by Crippen LogP contribution is -2.36. The van der Waals surface area contributed by atoms with Gasteiger partial charge in [0.1, 0.15) is 10.7 Å². The average Bonchev–Trinajstić information content (AvgIpc) is 2.88. The molecule has 0 aliphatic carbocycles. The van der Waals surface area contributed by atoms with Crippen LogP contribution in [0.1, 0.15) is 13.3 Å². The lowest BCUT2D eigenvalue weighted by Gasteiger charge is -2.24. The molecule has 1 aliphatic heterocycles. The van der Waals surface area contributed by atoms with Gasteiger partial charge in [-0.25, -0.2) is 12.8 Å². The number of sulfonamides is 1. The van der Waals surface area contributed by atoms with Gasteiger partial charge in [-0.1, -0.05) is 13.0 Å². The molecule has 0 saturated carbocycles. The molecule has 0 aromatic heterocycles. The standard InChI is InChI=1S/C13H19FN2O3S/c1-2-16(8-10-6-7-19-9-10)20(17,18)13-11(14)4-3-5-12(13)15/h3-5,10H,2,6-9,15H2,1H3. The molecule has 0 amide bonds. The van der Waals surface area contributed by atoms with Crippen LogP contribution < -0.4 is 5.73 Å². The first-order chi connectivity index (χ1) is 9.46. The Balaban J connectivity index is 2.31. The second-order valence-corrected chi connectivity index (χ2v) is 6.72. The minimum absolute atomic E-state index is 0.0638. The van der Waals surface area contributed by atoms with Crippen molar-refractivity contribution in [3.63, 3.8) is 0 Å². The first kappa shape index (κ1) is 15.2. The van der Waals surface area contributed by atoms with Crippen LogP contribution in [-0.4, -0.2) is 39.0 Å². The molecular formula is C13H19FN2O3S. The van der Waals surface area contributed by atoms with Gasteiger partial charge < -0.3 is 10.5 Å². The van der Waals surface area contributed by atoms with Gasteiger partial charge in [-0.05, 0) is 24.5 Å². The number of rotatable bonds is 5. The van der Waals surface area contributed by atoms with Crippen molar-refractivity contribution in [1.29, 1.82) is 0 Å². The van der Waals surface area contributed by atoms with Crippen molar-refractivity contribution in [3.8, 4) is 0 Å². The van der Waals surface area contributed by atoms with Crippen molar-refractivity contribution in [2.24, 2.45) is 5.92 Å². The number of halogens is 1. The fourth-order valence-electron chi connectivity index (χ4n) is 2.34. The molecule has 2 rings (SSSR count). The number of hydrogen-bond donors (Lipinski definition) is 1. The number of hydrogen-bond acceptors (Lipinski definition) is 4. The van der Waals surface area contributed by atoms with Crippen molar-refractivity contribution in [1.82, 2.24) is 4.31 Å². The van der Waals surface area contributed by atoms with Crippen LogP contribution in [0.25, 0.3) is 0 Å². The molecule has 1 atom stereocenters. The van der Waals surface area contributed by atoms with Crippen LogP contribution in [0.5, 0.6) is 0 Å². The summed E-state index contributed by atoms with van der Waals surface area (Å²) in [6.45, 7) is 3.51. The Morgan fingerprint density at radius 2 is 2.25 bits per heavy atom. The predicted molar refractivity (Wildman–Crippen MR) is 74.2 cm³/mol. The first-order valence-electron chi connectivity index (χ1n) is 6.58. The summed E-state index contributed by atoms with van der Waals surface area (Å²) in [5.74, 6) is -0.663. The molecule has 0 bridgehead atoms. The van der Waals surface area contributed by atoms with E-state index in [1.807, 2.05) is 0 Å². The fraction of sp³-hybridized carbons (Fsp3) is 0.538. The number of nitrogens with two attached hydrogens (primary N) is 1. The molecule has 112 valence electrons. The summed E-state index contributed by atoms with van der Waals surface area (Å²) in [5, 5.41) is 0. The Morgan fingerprint density at radius 3 is 2.80 bits per heavy atom. The summed E-state index contributed by atoms with van der Waals surface area (Å²) >= 11 is 0. The molecule has 1 aromatic carbocycles. The van der Waals surface area contributed by atoms with E-state index in [4.69, 9.17) is 10.5 Å². The third-order valence-electron chi connectivity index (χ3n) is 3.43. The Morgan fingerprint density at radius 1 is 1.50 bits per heavy atom. The fourth-order valence-corrected chi connectivity index (χ4v) is 4.02. The zero-order chi connectivity index (χ0) is 14.8. The maximum Gasteiger partial charge on any atom is 0.248 e. The number of ether oxygens (including phenoxy) is 1. The van der Waals surface area contributed by atoms with E-state index in [9.17, 15) is 12.8 Å². The van der Waals surface area contributed by atoms with E-state index in [1.165, 1.54) is 16.4 Å². The Hall–Kier alpha value is -1.18. The zero-order valence-electron chi connectivity index (χ0n) is 11.4. The van der Waals surface area contributed by atoms with Crippen molar-refractivity contribution < 1.29 is 17.5 Å². The molecule has 1 unspecified atom stereocenters. The Bertz CT molecular complexity index is 551. The minimum atomic E-state index is -3.92. The highest BCUT2D eigenvalue weighted by atomic mass is 32.2. The molecule has 1 aromatic rings. The predicted octanol–water partition coefficient (Wildman–Crippen LogP) is 1.45. The van der Waals surface area contributed by atoms with Crippen molar-refractivity contribution in [3.05, 3.63) is 24.0 Å². The van der Waals surface area contributed by atoms with Crippen molar-refractivity contribution in [2.45, 2.75) is 18.2 Å². The van der Waals surface area contributed by atoms with E-state index in [0.717, 1.165) is 12.5 Å². The maximum absolute atomic E-state index is 13.8. The third kappa shape index (κ3) is 2.94. The molecule has 20 heavy (non-hydrogen) atoms. The highest BCUT2D eigenvalue weighted by Gasteiger charge is 2.31. The van der Waals surface area contributed by atoms with E-state index in [0.29, 0.717) is 19.8 Å². The summed E-state index contributed by atoms with van der Waals surface area (Å²) in [5.41, 5.74) is 5.57. The van der Waals surface area contributed by atoms with Gasteiger partial charge >= 0.3 is 0 Å². The minimum Gasteiger partial charge on any atom is -0.398 e. The van der Waals surface area contributed by atoms with Gasteiger partial charge in [0.25, 0.3) is 0 Å². The van der Waals surface area contributed by atoms with Crippen LogP contribution >= 0.6 is 0 Å². The summed E-state index contributed by atoms with van der Waals surface area (Å²) in [6, 6.07) is 3.89. The van der Waals surface area contributed by atoms with E-state index in [1.54, 1.807) is 6.92 Å². The van der Waals surface area contributed by atoms with E-state index >= 15 is 0 Å². The Labute approximate surface area is 118 Å². The second-order valence-electron chi connectivity index (χ2n) is 4.84. The van der Waals surface area contributed by atoms with Crippen molar-refractivity contribution in [2.75, 3.05) is 32.0 Å².